The highest BCUT2D eigenvalue weighted by Crippen LogP contribution is 2.26. The average molecular weight is 292 g/mol. The minimum atomic E-state index is 0.220. The van der Waals surface area contributed by atoms with Crippen LogP contribution in [0.15, 0.2) is 60.5 Å². The van der Waals surface area contributed by atoms with Gasteiger partial charge in [-0.2, -0.15) is 0 Å². The van der Waals surface area contributed by atoms with Crippen molar-refractivity contribution in [3.8, 4) is 5.75 Å². The Balaban J connectivity index is 1.90. The van der Waals surface area contributed by atoms with Crippen LogP contribution in [-0.2, 0) is 0 Å². The number of hydrogen-bond donors (Lipinski definition) is 1. The maximum atomic E-state index is 9.90. The molecule has 0 saturated carbocycles. The third-order valence-electron chi connectivity index (χ3n) is 4.01. The van der Waals surface area contributed by atoms with Crippen LogP contribution in [0, 0.1) is 0 Å². The summed E-state index contributed by atoms with van der Waals surface area (Å²) in [5.41, 5.74) is 3.05. The summed E-state index contributed by atoms with van der Waals surface area (Å²) in [5.74, 6) is 0.220. The molecule has 1 aromatic carbocycles. The number of allylic oxidation sites excluding steroid dienone is 2. The molecule has 1 atom stereocenters. The van der Waals surface area contributed by atoms with Gasteiger partial charge in [-0.25, -0.2) is 0 Å². The second kappa shape index (κ2) is 6.06. The number of aromatic hydroxyl groups is 1. The molecule has 0 fully saturated rings. The summed E-state index contributed by atoms with van der Waals surface area (Å²) >= 11 is 0. The minimum absolute atomic E-state index is 0.220. The van der Waals surface area contributed by atoms with Crippen LogP contribution in [0.2, 0.25) is 0 Å². The van der Waals surface area contributed by atoms with E-state index in [9.17, 15) is 5.11 Å². The lowest BCUT2D eigenvalue weighted by molar-refractivity contribution is 0.429. The molecule has 1 unspecified atom stereocenters. The number of pyridine rings is 1. The van der Waals surface area contributed by atoms with Gasteiger partial charge in [-0.1, -0.05) is 43.4 Å². The van der Waals surface area contributed by atoms with E-state index in [1.54, 1.807) is 12.3 Å². The van der Waals surface area contributed by atoms with Crippen LogP contribution in [-0.4, -0.2) is 28.1 Å². The van der Waals surface area contributed by atoms with Gasteiger partial charge < -0.3 is 10.0 Å². The van der Waals surface area contributed by atoms with Crippen molar-refractivity contribution in [3.05, 3.63) is 66.0 Å². The van der Waals surface area contributed by atoms with Gasteiger partial charge >= 0.3 is 0 Å². The molecule has 2 heterocycles. The van der Waals surface area contributed by atoms with Gasteiger partial charge in [0.15, 0.2) is 0 Å². The number of benzene rings is 1. The fraction of sp³-hybridized carbons (Fsp3) is 0.211. The second-order valence-corrected chi connectivity index (χ2v) is 5.51. The van der Waals surface area contributed by atoms with Gasteiger partial charge in [0, 0.05) is 24.8 Å². The quantitative estimate of drug-likeness (QED) is 0.924. The molecule has 0 saturated heterocycles. The number of phenols is 1. The highest BCUT2D eigenvalue weighted by atomic mass is 16.3. The van der Waals surface area contributed by atoms with E-state index >= 15 is 0 Å². The van der Waals surface area contributed by atoms with E-state index in [-0.39, 0.29) is 11.8 Å². The molecule has 1 aliphatic heterocycles. The summed E-state index contributed by atoms with van der Waals surface area (Å²) in [7, 11) is 2.09. The number of phenolic OH excluding ortho intramolecular Hbond substituents is 1. The van der Waals surface area contributed by atoms with E-state index in [4.69, 9.17) is 0 Å². The number of likely N-dealkylation sites (N-methyl/N-ethyl adjacent to an activating group) is 1. The predicted molar refractivity (Wildman–Crippen MR) is 91.5 cm³/mol. The van der Waals surface area contributed by atoms with Crippen LogP contribution in [0.5, 0.6) is 5.75 Å². The van der Waals surface area contributed by atoms with Gasteiger partial charge in [0.2, 0.25) is 0 Å². The van der Waals surface area contributed by atoms with Crippen molar-refractivity contribution >= 4 is 17.0 Å². The molecule has 112 valence electrons. The van der Waals surface area contributed by atoms with Gasteiger partial charge in [0.1, 0.15) is 11.3 Å². The smallest absolute Gasteiger partial charge is 0.141 e. The molecule has 0 spiro atoms. The first-order valence-electron chi connectivity index (χ1n) is 7.55. The number of aromatic nitrogens is 1. The van der Waals surface area contributed by atoms with Crippen molar-refractivity contribution in [3.63, 3.8) is 0 Å². The van der Waals surface area contributed by atoms with E-state index < -0.39 is 0 Å². The zero-order valence-corrected chi connectivity index (χ0v) is 12.9. The van der Waals surface area contributed by atoms with Gasteiger partial charge in [-0.05, 0) is 29.7 Å². The van der Waals surface area contributed by atoms with Crippen molar-refractivity contribution in [1.29, 1.82) is 0 Å². The van der Waals surface area contributed by atoms with E-state index in [1.165, 1.54) is 5.57 Å². The molecule has 0 radical (unpaired) electrons. The Morgan fingerprint density at radius 1 is 1.32 bits per heavy atom. The van der Waals surface area contributed by atoms with Gasteiger partial charge in [0.25, 0.3) is 0 Å². The van der Waals surface area contributed by atoms with Crippen molar-refractivity contribution in [2.24, 2.45) is 0 Å². The first-order chi connectivity index (χ1) is 10.7. The zero-order valence-electron chi connectivity index (χ0n) is 12.9. The largest absolute Gasteiger partial charge is 0.506 e. The molecule has 1 N–H and O–H groups in total. The SMILES string of the molecule is CCC1=CN(C)C(/C=C/c2ccc(O)c3ncccc23)C=C1. The first-order valence-corrected chi connectivity index (χ1v) is 7.55. The molecular formula is C19H20N2O. The molecule has 22 heavy (non-hydrogen) atoms. The number of fused-ring (bicyclic) bond motifs is 1. The highest BCUT2D eigenvalue weighted by molar-refractivity contribution is 5.91. The third kappa shape index (κ3) is 2.75. The molecule has 1 aromatic heterocycles. The van der Waals surface area contributed by atoms with E-state index in [1.807, 2.05) is 18.2 Å². The van der Waals surface area contributed by atoms with Crippen LogP contribution in [0.3, 0.4) is 0 Å². The average Bonchev–Trinajstić information content (AvgIpc) is 2.55. The van der Waals surface area contributed by atoms with E-state index in [2.05, 4.69) is 54.4 Å². The van der Waals surface area contributed by atoms with E-state index in [0.717, 1.165) is 17.4 Å². The van der Waals surface area contributed by atoms with Crippen LogP contribution < -0.4 is 0 Å². The Labute approximate surface area is 130 Å². The van der Waals surface area contributed by atoms with Crippen LogP contribution >= 0.6 is 0 Å². The molecule has 0 aliphatic carbocycles. The number of hydrogen-bond acceptors (Lipinski definition) is 3. The Bertz CT molecular complexity index is 774. The topological polar surface area (TPSA) is 36.4 Å². The third-order valence-corrected chi connectivity index (χ3v) is 4.01. The van der Waals surface area contributed by atoms with E-state index in [0.29, 0.717) is 5.52 Å². The van der Waals surface area contributed by atoms with Gasteiger partial charge in [0.05, 0.1) is 6.04 Å². The lowest BCUT2D eigenvalue weighted by atomic mass is 10.0. The Hall–Kier alpha value is -2.55. The summed E-state index contributed by atoms with van der Waals surface area (Å²) in [6.07, 6.45) is 13.6. The van der Waals surface area contributed by atoms with Crippen LogP contribution in [0.1, 0.15) is 18.9 Å². The maximum Gasteiger partial charge on any atom is 0.141 e. The predicted octanol–water partition coefficient (Wildman–Crippen LogP) is 4.12. The molecule has 3 heteroatoms. The summed E-state index contributed by atoms with van der Waals surface area (Å²) < 4.78 is 0. The zero-order chi connectivity index (χ0) is 15.5. The van der Waals surface area contributed by atoms with Crippen molar-refractivity contribution in [2.75, 3.05) is 7.05 Å². The Morgan fingerprint density at radius 3 is 2.95 bits per heavy atom. The molecule has 3 nitrogen and oxygen atoms in total. The fourth-order valence-corrected chi connectivity index (χ4v) is 2.69. The lowest BCUT2D eigenvalue weighted by Gasteiger charge is -2.25. The molecule has 2 aromatic rings. The standard InChI is InChI=1S/C19H20N2O/c1-3-14-6-9-16(21(2)13-14)10-7-15-8-11-18(22)19-17(15)5-4-12-20-19/h4-13,16,22H,3H2,1-2H3/b10-7+. The Kier molecular flexibility index (Phi) is 3.96. The maximum absolute atomic E-state index is 9.90. The van der Waals surface area contributed by atoms with Crippen LogP contribution in [0.25, 0.3) is 17.0 Å². The monoisotopic (exact) mass is 292 g/mol. The highest BCUT2D eigenvalue weighted by Gasteiger charge is 2.10. The molecular weight excluding hydrogens is 272 g/mol. The lowest BCUT2D eigenvalue weighted by Crippen LogP contribution is -2.25. The van der Waals surface area contributed by atoms with Crippen molar-refractivity contribution < 1.29 is 5.11 Å². The molecule has 1 aliphatic rings. The molecule has 0 bridgehead atoms. The van der Waals surface area contributed by atoms with Crippen molar-refractivity contribution in [1.82, 2.24) is 9.88 Å². The second-order valence-electron chi connectivity index (χ2n) is 5.51. The first kappa shape index (κ1) is 14.4. The summed E-state index contributed by atoms with van der Waals surface area (Å²) in [6.45, 7) is 2.16. The summed E-state index contributed by atoms with van der Waals surface area (Å²) in [4.78, 5) is 6.46. The number of nitrogens with zero attached hydrogens (tertiary/aromatic N) is 2. The van der Waals surface area contributed by atoms with Gasteiger partial charge in [-0.15, -0.1) is 0 Å². The van der Waals surface area contributed by atoms with Crippen molar-refractivity contribution in [2.45, 2.75) is 19.4 Å². The molecule has 3 rings (SSSR count). The Morgan fingerprint density at radius 2 is 2.18 bits per heavy atom. The van der Waals surface area contributed by atoms with Crippen LogP contribution in [0.4, 0.5) is 0 Å². The summed E-state index contributed by atoms with van der Waals surface area (Å²) in [6, 6.07) is 7.75. The van der Waals surface area contributed by atoms with Gasteiger partial charge in [-0.3, -0.25) is 4.98 Å². The molecule has 0 amide bonds. The fourth-order valence-electron chi connectivity index (χ4n) is 2.69. The number of rotatable bonds is 3. The minimum Gasteiger partial charge on any atom is -0.506 e. The summed E-state index contributed by atoms with van der Waals surface area (Å²) in [5, 5.41) is 10.9. The normalized spacial score (nSPS) is 18.2.